The van der Waals surface area contributed by atoms with Gasteiger partial charge in [0.05, 0.1) is 13.7 Å². The zero-order valence-corrected chi connectivity index (χ0v) is 10.9. The Labute approximate surface area is 112 Å². The second-order valence-corrected chi connectivity index (χ2v) is 3.58. The Kier molecular flexibility index (Phi) is 6.13. The fourth-order valence-corrected chi connectivity index (χ4v) is 1.35. The van der Waals surface area contributed by atoms with Crippen molar-refractivity contribution < 1.29 is 19.0 Å². The van der Waals surface area contributed by atoms with E-state index in [1.54, 1.807) is 37.4 Å². The van der Waals surface area contributed by atoms with Gasteiger partial charge in [0, 0.05) is 7.11 Å². The average molecular weight is 261 g/mol. The van der Waals surface area contributed by atoms with Crippen LogP contribution in [0.25, 0.3) is 6.08 Å². The minimum atomic E-state index is -0.659. The van der Waals surface area contributed by atoms with Gasteiger partial charge in [0.25, 0.3) is 0 Å². The summed E-state index contributed by atoms with van der Waals surface area (Å²) < 4.78 is 14.8. The van der Waals surface area contributed by atoms with Crippen LogP contribution in [-0.4, -0.2) is 33.4 Å². The third-order valence-corrected chi connectivity index (χ3v) is 2.25. The van der Waals surface area contributed by atoms with E-state index in [4.69, 9.17) is 14.7 Å². The van der Waals surface area contributed by atoms with Crippen molar-refractivity contribution in [2.24, 2.45) is 0 Å². The quantitative estimate of drug-likeness (QED) is 0.338. The van der Waals surface area contributed by atoms with Gasteiger partial charge in [-0.15, -0.1) is 0 Å². The van der Waals surface area contributed by atoms with E-state index < -0.39 is 5.97 Å². The van der Waals surface area contributed by atoms with E-state index in [1.807, 2.05) is 0 Å². The second kappa shape index (κ2) is 7.90. The van der Waals surface area contributed by atoms with Gasteiger partial charge in [-0.3, -0.25) is 0 Å². The van der Waals surface area contributed by atoms with Crippen LogP contribution in [0.5, 0.6) is 5.75 Å². The zero-order chi connectivity index (χ0) is 14.1. The number of benzene rings is 1. The van der Waals surface area contributed by atoms with E-state index in [0.29, 0.717) is 24.5 Å². The summed E-state index contributed by atoms with van der Waals surface area (Å²) in [4.78, 5) is 11.3. The summed E-state index contributed by atoms with van der Waals surface area (Å²) in [5.41, 5.74) is 0.633. The van der Waals surface area contributed by atoms with Crippen molar-refractivity contribution in [3.63, 3.8) is 0 Å². The third kappa shape index (κ3) is 4.82. The first-order valence-corrected chi connectivity index (χ1v) is 5.63. The number of carbonyl (C=O) groups excluding carboxylic acids is 1. The van der Waals surface area contributed by atoms with E-state index in [-0.39, 0.29) is 5.57 Å². The van der Waals surface area contributed by atoms with Crippen molar-refractivity contribution in [3.05, 3.63) is 35.4 Å². The molecule has 0 amide bonds. The summed E-state index contributed by atoms with van der Waals surface area (Å²) in [6, 6.07) is 8.87. The Morgan fingerprint density at radius 1 is 1.37 bits per heavy atom. The van der Waals surface area contributed by atoms with Gasteiger partial charge in [-0.1, -0.05) is 12.1 Å². The molecule has 1 aromatic carbocycles. The predicted octanol–water partition coefficient (Wildman–Crippen LogP) is 1.79. The van der Waals surface area contributed by atoms with Gasteiger partial charge in [-0.05, 0) is 23.8 Å². The van der Waals surface area contributed by atoms with Crippen molar-refractivity contribution in [1.29, 1.82) is 5.26 Å². The SMILES string of the molecule is COCCOc1cccc(/C=C(\C#N)C(=O)OC)c1. The van der Waals surface area contributed by atoms with Gasteiger partial charge >= 0.3 is 5.97 Å². The molecule has 0 aromatic heterocycles. The summed E-state index contributed by atoms with van der Waals surface area (Å²) in [7, 11) is 2.83. The highest BCUT2D eigenvalue weighted by Gasteiger charge is 2.08. The molecule has 0 fully saturated rings. The molecule has 0 spiro atoms. The highest BCUT2D eigenvalue weighted by atomic mass is 16.5. The van der Waals surface area contributed by atoms with Crippen LogP contribution in [0, 0.1) is 11.3 Å². The predicted molar refractivity (Wildman–Crippen MR) is 69.4 cm³/mol. The number of esters is 1. The molecule has 0 saturated heterocycles. The molecule has 0 heterocycles. The maximum absolute atomic E-state index is 11.3. The lowest BCUT2D eigenvalue weighted by Crippen LogP contribution is -2.04. The molecule has 1 rings (SSSR count). The molecule has 0 unspecified atom stereocenters. The first kappa shape index (κ1) is 14.7. The number of rotatable bonds is 6. The van der Waals surface area contributed by atoms with Gasteiger partial charge in [-0.25, -0.2) is 4.79 Å². The minimum Gasteiger partial charge on any atom is -0.491 e. The molecule has 0 atom stereocenters. The molecule has 0 aliphatic carbocycles. The van der Waals surface area contributed by atoms with E-state index in [1.165, 1.54) is 13.2 Å². The molecule has 19 heavy (non-hydrogen) atoms. The topological polar surface area (TPSA) is 68.5 Å². The number of nitriles is 1. The highest BCUT2D eigenvalue weighted by molar-refractivity contribution is 5.97. The van der Waals surface area contributed by atoms with Gasteiger partial charge in [0.1, 0.15) is 24.0 Å². The monoisotopic (exact) mass is 261 g/mol. The van der Waals surface area contributed by atoms with Crippen LogP contribution < -0.4 is 4.74 Å². The van der Waals surface area contributed by atoms with Crippen molar-refractivity contribution >= 4 is 12.0 Å². The molecular formula is C14H15NO4. The normalized spacial score (nSPS) is 10.7. The smallest absolute Gasteiger partial charge is 0.348 e. The Balaban J connectivity index is 2.84. The number of carbonyl (C=O) groups is 1. The molecule has 0 aliphatic rings. The summed E-state index contributed by atoms with van der Waals surface area (Å²) in [5.74, 6) is -0.0128. The molecule has 0 saturated carbocycles. The lowest BCUT2D eigenvalue weighted by atomic mass is 10.1. The van der Waals surface area contributed by atoms with Crippen LogP contribution in [0.3, 0.4) is 0 Å². The molecule has 0 radical (unpaired) electrons. The maximum atomic E-state index is 11.3. The van der Waals surface area contributed by atoms with Gasteiger partial charge < -0.3 is 14.2 Å². The van der Waals surface area contributed by atoms with Crippen molar-refractivity contribution in [3.8, 4) is 11.8 Å². The van der Waals surface area contributed by atoms with Crippen LogP contribution in [0.2, 0.25) is 0 Å². The Bertz CT molecular complexity index is 502. The van der Waals surface area contributed by atoms with Crippen LogP contribution in [-0.2, 0) is 14.3 Å². The molecule has 0 bridgehead atoms. The summed E-state index contributed by atoms with van der Waals surface area (Å²) in [6.45, 7) is 0.928. The number of hydrogen-bond donors (Lipinski definition) is 0. The molecule has 0 aliphatic heterocycles. The summed E-state index contributed by atoms with van der Waals surface area (Å²) in [5, 5.41) is 8.86. The summed E-state index contributed by atoms with van der Waals surface area (Å²) in [6.07, 6.45) is 1.45. The molecule has 5 nitrogen and oxygen atoms in total. The van der Waals surface area contributed by atoms with Gasteiger partial charge in [0.2, 0.25) is 0 Å². The molecule has 5 heteroatoms. The lowest BCUT2D eigenvalue weighted by molar-refractivity contribution is -0.135. The van der Waals surface area contributed by atoms with E-state index in [9.17, 15) is 4.79 Å². The first-order chi connectivity index (χ1) is 9.21. The van der Waals surface area contributed by atoms with Crippen molar-refractivity contribution in [2.75, 3.05) is 27.4 Å². The Morgan fingerprint density at radius 3 is 2.79 bits per heavy atom. The number of ether oxygens (including phenoxy) is 3. The first-order valence-electron chi connectivity index (χ1n) is 5.63. The number of methoxy groups -OCH3 is 2. The number of hydrogen-bond acceptors (Lipinski definition) is 5. The van der Waals surface area contributed by atoms with E-state index in [2.05, 4.69) is 4.74 Å². The highest BCUT2D eigenvalue weighted by Crippen LogP contribution is 2.16. The fourth-order valence-electron chi connectivity index (χ4n) is 1.35. The van der Waals surface area contributed by atoms with Crippen molar-refractivity contribution in [2.45, 2.75) is 0 Å². The molecule has 1 aromatic rings. The lowest BCUT2D eigenvalue weighted by Gasteiger charge is -2.06. The minimum absolute atomic E-state index is 0.0588. The van der Waals surface area contributed by atoms with E-state index >= 15 is 0 Å². The van der Waals surface area contributed by atoms with Crippen molar-refractivity contribution in [1.82, 2.24) is 0 Å². The largest absolute Gasteiger partial charge is 0.491 e. The summed E-state index contributed by atoms with van der Waals surface area (Å²) >= 11 is 0. The maximum Gasteiger partial charge on any atom is 0.348 e. The second-order valence-electron chi connectivity index (χ2n) is 3.58. The van der Waals surface area contributed by atoms with Crippen LogP contribution in [0.1, 0.15) is 5.56 Å². The zero-order valence-electron chi connectivity index (χ0n) is 10.9. The van der Waals surface area contributed by atoms with Gasteiger partial charge in [-0.2, -0.15) is 5.26 Å². The van der Waals surface area contributed by atoms with E-state index in [0.717, 1.165) is 0 Å². The molecular weight excluding hydrogens is 246 g/mol. The van der Waals surface area contributed by atoms with Crippen LogP contribution in [0.15, 0.2) is 29.8 Å². The van der Waals surface area contributed by atoms with Crippen LogP contribution in [0.4, 0.5) is 0 Å². The molecule has 0 N–H and O–H groups in total. The van der Waals surface area contributed by atoms with Crippen LogP contribution >= 0.6 is 0 Å². The number of nitrogens with zero attached hydrogens (tertiary/aromatic N) is 1. The Morgan fingerprint density at radius 2 is 2.16 bits per heavy atom. The molecule has 100 valence electrons. The van der Waals surface area contributed by atoms with Gasteiger partial charge in [0.15, 0.2) is 0 Å². The third-order valence-electron chi connectivity index (χ3n) is 2.25. The fraction of sp³-hybridized carbons (Fsp3) is 0.286. The Hall–Kier alpha value is -2.32. The average Bonchev–Trinajstić information content (AvgIpc) is 2.44. The standard InChI is InChI=1S/C14H15NO4/c1-17-6-7-19-13-5-3-4-11(9-13)8-12(10-15)14(16)18-2/h3-5,8-9H,6-7H2,1-2H3/b12-8+.